The second kappa shape index (κ2) is 14.6. The summed E-state index contributed by atoms with van der Waals surface area (Å²) in [5.41, 5.74) is 0.241. The molecule has 52 heavy (non-hydrogen) atoms. The van der Waals surface area contributed by atoms with E-state index in [9.17, 15) is 48.3 Å². The Morgan fingerprint density at radius 3 is 1.65 bits per heavy atom. The molecule has 4 aromatic heterocycles. The van der Waals surface area contributed by atoms with Crippen molar-refractivity contribution in [3.05, 3.63) is 95.6 Å². The van der Waals surface area contributed by atoms with Crippen molar-refractivity contribution in [2.45, 2.75) is 59.4 Å². The molecule has 0 unspecified atom stereocenters. The highest BCUT2D eigenvalue weighted by Gasteiger charge is 2.36. The third-order valence-corrected chi connectivity index (χ3v) is 6.92. The molecule has 0 radical (unpaired) electrons. The Morgan fingerprint density at radius 2 is 1.13 bits per heavy atom. The molecular weight excluding hydrogens is 721 g/mol. The second-order valence-electron chi connectivity index (χ2n) is 10.7. The Bertz CT molecular complexity index is 2170. The monoisotopic (exact) mass is 748 g/mol. The topological polar surface area (TPSA) is 78.8 Å². The van der Waals surface area contributed by atoms with Gasteiger partial charge in [0, 0.05) is 30.4 Å². The molecule has 0 spiro atoms. The van der Waals surface area contributed by atoms with Gasteiger partial charge in [-0.3, -0.25) is 0 Å². The summed E-state index contributed by atoms with van der Waals surface area (Å²) in [6.45, 7) is 7.70. The molecule has 6 aromatic rings. The van der Waals surface area contributed by atoms with Crippen LogP contribution in [0.4, 0.5) is 48.3 Å². The van der Waals surface area contributed by atoms with Crippen LogP contribution in [0.1, 0.15) is 43.0 Å². The van der Waals surface area contributed by atoms with Crippen LogP contribution in [-0.2, 0) is 12.1 Å². The Balaban J connectivity index is 0.000000222. The molecule has 0 aliphatic heterocycles. The first-order chi connectivity index (χ1) is 24.1. The summed E-state index contributed by atoms with van der Waals surface area (Å²) >= 11 is 0. The fourth-order valence-electron chi connectivity index (χ4n) is 4.73. The quantitative estimate of drug-likeness (QED) is 0.163. The molecule has 0 N–H and O–H groups in total. The number of aryl methyl sites for hydroxylation is 2. The standard InChI is InChI=1S/C16H12F5N3O.C15H9F6N3O.C2H6/c1-9-7-10(3-4-13(9)25-16(19,20)21)12-5-6-24-14(23-12)11(8-22-24)15(2,17)18;1-8-6-9(25-15(19,20)21)2-3-10(8)12-4-5-24-13(23-12)11(7-22-24)14(16,17)18;1-2/h3-8H,1-2H3;2-7H,1H3;1-2H3. The lowest BCUT2D eigenvalue weighted by molar-refractivity contribution is -0.275. The number of nitrogens with zero attached hydrogens (tertiary/aromatic N) is 6. The third kappa shape index (κ3) is 9.43. The summed E-state index contributed by atoms with van der Waals surface area (Å²) in [5.74, 6) is -3.87. The van der Waals surface area contributed by atoms with E-state index in [1.54, 1.807) is 0 Å². The van der Waals surface area contributed by atoms with Crippen molar-refractivity contribution in [1.29, 1.82) is 0 Å². The van der Waals surface area contributed by atoms with Crippen molar-refractivity contribution >= 4 is 11.3 Å². The van der Waals surface area contributed by atoms with Gasteiger partial charge in [0.05, 0.1) is 29.3 Å². The van der Waals surface area contributed by atoms with Crippen LogP contribution in [-0.4, -0.2) is 41.9 Å². The van der Waals surface area contributed by atoms with Gasteiger partial charge in [0.15, 0.2) is 11.3 Å². The minimum absolute atomic E-state index is 0.0155. The van der Waals surface area contributed by atoms with Crippen molar-refractivity contribution in [1.82, 2.24) is 29.2 Å². The van der Waals surface area contributed by atoms with E-state index in [-0.39, 0.29) is 33.9 Å². The molecule has 2 aromatic carbocycles. The third-order valence-electron chi connectivity index (χ3n) is 6.92. The molecule has 0 saturated heterocycles. The molecule has 0 aliphatic carbocycles. The second-order valence-corrected chi connectivity index (χ2v) is 10.7. The lowest BCUT2D eigenvalue weighted by Crippen LogP contribution is -2.17. The van der Waals surface area contributed by atoms with Crippen LogP contribution in [0, 0.1) is 13.8 Å². The van der Waals surface area contributed by atoms with E-state index in [0.29, 0.717) is 28.6 Å². The van der Waals surface area contributed by atoms with Gasteiger partial charge in [0.25, 0.3) is 5.92 Å². The first kappa shape index (κ1) is 39.3. The van der Waals surface area contributed by atoms with E-state index in [4.69, 9.17) is 0 Å². The van der Waals surface area contributed by atoms with Gasteiger partial charge in [0.1, 0.15) is 17.1 Å². The molecule has 0 aliphatic rings. The van der Waals surface area contributed by atoms with Gasteiger partial charge in [-0.2, -0.15) is 23.4 Å². The van der Waals surface area contributed by atoms with Gasteiger partial charge in [-0.25, -0.2) is 27.8 Å². The molecule has 0 bridgehead atoms. The Hall–Kier alpha value is -5.49. The smallest absolute Gasteiger partial charge is 0.406 e. The first-order valence-electron chi connectivity index (χ1n) is 15.0. The van der Waals surface area contributed by atoms with Crippen molar-refractivity contribution in [3.8, 4) is 34.0 Å². The number of hydrogen-bond donors (Lipinski definition) is 0. The number of fused-ring (bicyclic) bond motifs is 2. The predicted molar refractivity (Wildman–Crippen MR) is 166 cm³/mol. The van der Waals surface area contributed by atoms with E-state index in [1.807, 2.05) is 13.8 Å². The minimum Gasteiger partial charge on any atom is -0.406 e. The van der Waals surface area contributed by atoms with Crippen LogP contribution in [0.2, 0.25) is 0 Å². The van der Waals surface area contributed by atoms with Crippen molar-refractivity contribution < 1.29 is 57.8 Å². The molecular formula is C33H27F11N6O2. The van der Waals surface area contributed by atoms with Gasteiger partial charge in [-0.1, -0.05) is 13.8 Å². The number of aromatic nitrogens is 6. The van der Waals surface area contributed by atoms with Crippen LogP contribution in [0.3, 0.4) is 0 Å². The lowest BCUT2D eigenvalue weighted by atomic mass is 10.1. The normalized spacial score (nSPS) is 12.2. The van der Waals surface area contributed by atoms with Gasteiger partial charge >= 0.3 is 18.9 Å². The fraction of sp³-hybridized carbons (Fsp3) is 0.273. The Labute approximate surface area is 287 Å². The number of rotatable bonds is 5. The largest absolute Gasteiger partial charge is 0.573 e. The molecule has 0 saturated carbocycles. The summed E-state index contributed by atoms with van der Waals surface area (Å²) in [6.07, 6.45) is -9.77. The van der Waals surface area contributed by atoms with Gasteiger partial charge in [-0.05, 0) is 73.5 Å². The number of ether oxygens (including phenoxy) is 2. The molecule has 8 nitrogen and oxygen atoms in total. The average molecular weight is 749 g/mol. The molecule has 4 heterocycles. The number of hydrogen-bond acceptors (Lipinski definition) is 6. The van der Waals surface area contributed by atoms with Crippen molar-refractivity contribution in [2.24, 2.45) is 0 Å². The molecule has 0 fully saturated rings. The molecule has 19 heteroatoms. The van der Waals surface area contributed by atoms with E-state index < -0.39 is 36.1 Å². The zero-order valence-corrected chi connectivity index (χ0v) is 27.6. The number of alkyl halides is 11. The zero-order valence-electron chi connectivity index (χ0n) is 27.6. The highest BCUT2D eigenvalue weighted by molar-refractivity contribution is 5.67. The SMILES string of the molecule is CC.Cc1cc(-c2ccn3ncc(C(C)(F)F)c3n2)ccc1OC(F)(F)F.Cc1cc(OC(F)(F)F)ccc1-c1ccn2ncc(C(F)(F)F)c2n1. The van der Waals surface area contributed by atoms with E-state index in [2.05, 4.69) is 29.6 Å². The van der Waals surface area contributed by atoms with Crippen LogP contribution in [0.5, 0.6) is 11.5 Å². The van der Waals surface area contributed by atoms with E-state index >= 15 is 0 Å². The first-order valence-corrected chi connectivity index (χ1v) is 15.0. The highest BCUT2D eigenvalue weighted by Crippen LogP contribution is 2.35. The summed E-state index contributed by atoms with van der Waals surface area (Å²) in [5, 5.41) is 7.41. The summed E-state index contributed by atoms with van der Waals surface area (Å²) in [4.78, 5) is 8.13. The van der Waals surface area contributed by atoms with Crippen LogP contribution in [0.15, 0.2) is 73.3 Å². The predicted octanol–water partition coefficient (Wildman–Crippen LogP) is 10.4. The Kier molecular flexibility index (Phi) is 11.1. The van der Waals surface area contributed by atoms with Crippen LogP contribution in [0.25, 0.3) is 33.8 Å². The fourth-order valence-corrected chi connectivity index (χ4v) is 4.73. The molecule has 0 amide bonds. The molecule has 278 valence electrons. The maximum atomic E-state index is 13.6. The van der Waals surface area contributed by atoms with E-state index in [0.717, 1.165) is 35.8 Å². The number of halogens is 11. The zero-order chi connectivity index (χ0) is 38.8. The van der Waals surface area contributed by atoms with Crippen LogP contribution >= 0.6 is 0 Å². The average Bonchev–Trinajstić information content (AvgIpc) is 3.66. The summed E-state index contributed by atoms with van der Waals surface area (Å²) in [7, 11) is 0. The number of benzene rings is 2. The van der Waals surface area contributed by atoms with E-state index in [1.165, 1.54) is 61.1 Å². The minimum atomic E-state index is -4.83. The highest BCUT2D eigenvalue weighted by atomic mass is 19.4. The summed E-state index contributed by atoms with van der Waals surface area (Å²) in [6, 6.07) is 10.5. The van der Waals surface area contributed by atoms with Gasteiger partial charge in [-0.15, -0.1) is 26.3 Å². The van der Waals surface area contributed by atoms with Crippen LogP contribution < -0.4 is 9.47 Å². The molecule has 0 atom stereocenters. The van der Waals surface area contributed by atoms with Gasteiger partial charge in [0.2, 0.25) is 0 Å². The summed E-state index contributed by atoms with van der Waals surface area (Å²) < 4.78 is 150. The Morgan fingerprint density at radius 1 is 0.596 bits per heavy atom. The van der Waals surface area contributed by atoms with Crippen molar-refractivity contribution in [2.75, 3.05) is 0 Å². The maximum absolute atomic E-state index is 13.6. The molecule has 6 rings (SSSR count). The lowest BCUT2D eigenvalue weighted by Gasteiger charge is -2.12. The van der Waals surface area contributed by atoms with Gasteiger partial charge < -0.3 is 9.47 Å². The maximum Gasteiger partial charge on any atom is 0.573 e. The van der Waals surface area contributed by atoms with Crippen molar-refractivity contribution in [3.63, 3.8) is 0 Å².